The zero-order valence-electron chi connectivity index (χ0n) is 89.5. The lowest BCUT2D eigenvalue weighted by atomic mass is 10.0. The van der Waals surface area contributed by atoms with Crippen molar-refractivity contribution >= 4 is 41.7 Å². The average Bonchev–Trinajstić information content (AvgIpc) is 0.824. The molecule has 4 N–H and O–H groups in total. The van der Waals surface area contributed by atoms with Gasteiger partial charge in [0.05, 0.1) is 0 Å². The first-order valence-corrected chi connectivity index (χ1v) is 57.7. The first-order valence-electron chi connectivity index (χ1n) is 57.7. The monoisotopic (exact) mass is 1890 g/mol. The number of nitrogens with zero attached hydrogens (tertiary/aromatic N) is 3. The second-order valence-corrected chi connectivity index (χ2v) is 39.9. The Morgan fingerprint density at radius 1 is 0.239 bits per heavy atom. The maximum atomic E-state index is 14.6. The van der Waals surface area contributed by atoms with Crippen LogP contribution in [0.25, 0.3) is 0 Å². The van der Waals surface area contributed by atoms with E-state index < -0.39 is 6.23 Å². The van der Waals surface area contributed by atoms with E-state index in [1.165, 1.54) is 103 Å². The summed E-state index contributed by atoms with van der Waals surface area (Å²) >= 11 is 0. The number of hydrogen-bond acceptors (Lipinski definition) is 17. The predicted octanol–water partition coefficient (Wildman–Crippen LogP) is 29.9. The van der Waals surface area contributed by atoms with E-state index in [0.717, 1.165) is 393 Å². The third-order valence-corrected chi connectivity index (χ3v) is 27.4. The van der Waals surface area contributed by atoms with Crippen LogP contribution in [-0.2, 0) is 47.7 Å². The Kier molecular flexibility index (Phi) is 89.8. The van der Waals surface area contributed by atoms with Crippen LogP contribution in [0.5, 0.6) is 0 Å². The van der Waals surface area contributed by atoms with Gasteiger partial charge in [0, 0.05) is 56.3 Å². The highest BCUT2D eigenvalue weighted by Gasteiger charge is 2.22. The fraction of sp³-hybridized carbons (Fsp3) is 0.887. The third-order valence-electron chi connectivity index (χ3n) is 27.4. The minimum absolute atomic E-state index is 0.0321. The molecule has 2 amide bonds. The van der Waals surface area contributed by atoms with Gasteiger partial charge in [0.1, 0.15) is 36.7 Å². The van der Waals surface area contributed by atoms with Crippen LogP contribution in [0.4, 0.5) is 0 Å². The molecule has 6 atom stereocenters. The van der Waals surface area contributed by atoms with E-state index in [-0.39, 0.29) is 72.2 Å². The molecule has 1 aromatic rings. The van der Waals surface area contributed by atoms with Crippen molar-refractivity contribution in [3.05, 3.63) is 34.9 Å². The van der Waals surface area contributed by atoms with Gasteiger partial charge in [-0.3, -0.25) is 38.9 Å². The van der Waals surface area contributed by atoms with Crippen LogP contribution in [0.3, 0.4) is 0 Å². The average molecular weight is 1890 g/mol. The zero-order valence-corrected chi connectivity index (χ0v) is 89.5. The molecular formula is C115H216N6O13. The summed E-state index contributed by atoms with van der Waals surface area (Å²) < 4.78 is 29.2. The summed E-state index contributed by atoms with van der Waals surface area (Å²) in [7, 11) is 0. The lowest BCUT2D eigenvalue weighted by Crippen LogP contribution is -2.33. The summed E-state index contributed by atoms with van der Waals surface area (Å²) in [5.41, 5.74) is 1.17. The number of rotatable bonds is 102. The molecule has 0 spiro atoms. The van der Waals surface area contributed by atoms with Crippen molar-refractivity contribution in [1.29, 1.82) is 0 Å². The third kappa shape index (κ3) is 77.1. The molecule has 0 bridgehead atoms. The van der Waals surface area contributed by atoms with E-state index in [1.807, 2.05) is 0 Å². The van der Waals surface area contributed by atoms with Crippen molar-refractivity contribution in [3.63, 3.8) is 0 Å². The second kappa shape index (κ2) is 94.5. The minimum Gasteiger partial charge on any atom is -0.462 e. The van der Waals surface area contributed by atoms with Crippen LogP contribution in [-0.4, -0.2) is 171 Å². The Hall–Kier alpha value is -4.69. The number of nitrogens with one attached hydrogen (secondary N) is 3. The second-order valence-electron chi connectivity index (χ2n) is 39.9. The van der Waals surface area contributed by atoms with Gasteiger partial charge in [0.25, 0.3) is 11.8 Å². The van der Waals surface area contributed by atoms with Crippen LogP contribution in [0.15, 0.2) is 18.2 Å². The van der Waals surface area contributed by atoms with Gasteiger partial charge in [-0.2, -0.15) is 0 Å². The molecular weight excluding hydrogens is 1670 g/mol. The van der Waals surface area contributed by atoms with Gasteiger partial charge in [0.15, 0.2) is 0 Å². The molecule has 19 nitrogen and oxygen atoms in total. The number of amides is 2. The Morgan fingerprint density at radius 2 is 0.425 bits per heavy atom. The summed E-state index contributed by atoms with van der Waals surface area (Å²) in [6.07, 6.45) is 74.8. The molecule has 0 aliphatic heterocycles. The number of carbonyl (C=O) groups excluding carboxylic acids is 7. The maximum Gasteiger partial charge on any atom is 0.306 e. The Labute approximate surface area is 825 Å². The molecule has 1 rings (SSSR count). The highest BCUT2D eigenvalue weighted by atomic mass is 16.6. The minimum atomic E-state index is -1.11. The summed E-state index contributed by atoms with van der Waals surface area (Å²) in [6.45, 7) is 33.9. The molecule has 0 saturated heterocycles. The fourth-order valence-corrected chi connectivity index (χ4v) is 18.4. The van der Waals surface area contributed by atoms with Crippen LogP contribution in [0, 0.1) is 0 Å². The van der Waals surface area contributed by atoms with Crippen LogP contribution in [0.2, 0.25) is 0 Å². The van der Waals surface area contributed by atoms with E-state index in [2.05, 4.69) is 107 Å². The van der Waals surface area contributed by atoms with E-state index >= 15 is 0 Å². The van der Waals surface area contributed by atoms with Gasteiger partial charge in [-0.05, 0) is 275 Å². The summed E-state index contributed by atoms with van der Waals surface area (Å²) in [6, 6.07) is 5.20. The standard InChI is InChI=1S/C115H216N6O13/c1-12-23-29-30-31-32-33-39-50-66-88-119(89-67-51-40-34-45-61-80-108(122)130-103(18-7)75-56-24-13-2)94-72-85-116-113(127)100-97-101(114(128)117-86-73-95-120(90-68-52-41-35-46-62-81-109(123)131-104(19-8)76-57-25-14-3)91-69-53-42-36-47-63-82-110(124)132-105(20-9)77-58-26-15-4)99-102(98-100)115(129)118-87-74-96-121(92-70-54-43-37-48-64-83-111(125)133-106(21-10)78-59-27-16-5)93-71-55-44-38-49-65-84-112(126)134-107(22-11)79-60-28-17-6/h97-99,103-107,113,116,127H,12-96H2,1-11H3,(H,117,128)(H,118,129). The Bertz CT molecular complexity index is 2630. The van der Waals surface area contributed by atoms with Crippen LogP contribution in [0.1, 0.15) is 577 Å². The molecule has 6 unspecified atom stereocenters. The van der Waals surface area contributed by atoms with Crippen molar-refractivity contribution in [1.82, 2.24) is 30.7 Å². The molecule has 0 saturated carbocycles. The van der Waals surface area contributed by atoms with Gasteiger partial charge in [-0.15, -0.1) is 0 Å². The summed E-state index contributed by atoms with van der Waals surface area (Å²) in [4.78, 5) is 101. The molecule has 1 aromatic carbocycles. The first-order chi connectivity index (χ1) is 65.5. The maximum absolute atomic E-state index is 14.6. The Balaban J connectivity index is 3.45. The number of benzene rings is 1. The van der Waals surface area contributed by atoms with Crippen molar-refractivity contribution in [2.75, 3.05) is 78.5 Å². The molecule has 0 aromatic heterocycles. The smallest absolute Gasteiger partial charge is 0.306 e. The van der Waals surface area contributed by atoms with Crippen molar-refractivity contribution in [2.45, 2.75) is 582 Å². The number of aliphatic hydroxyl groups excluding tert-OH is 1. The number of aliphatic hydroxyl groups is 1. The van der Waals surface area contributed by atoms with Gasteiger partial charge in [0.2, 0.25) is 0 Å². The SMILES string of the molecule is CCCCCCCCCCCCN(CCCCCCCCC(=O)OC(CC)CCCCC)CCCNC(O)c1cc(C(=O)NCCCN(CCCCCCCCC(=O)OC(CC)CCCCC)CCCCCCCCC(=O)OC(CC)CCCCC)cc(C(=O)NCCCN(CCCCCCCCC(=O)OC(CC)CCCCC)CCCCCCCCC(=O)OC(CC)CCCCC)c1. The topological polar surface area (TPSA) is 232 Å². The molecule has 0 fully saturated rings. The quantitative estimate of drug-likeness (QED) is 0.0205. The van der Waals surface area contributed by atoms with Gasteiger partial charge in [-0.25, -0.2) is 0 Å². The highest BCUT2D eigenvalue weighted by molar-refractivity contribution is 6.00. The fourth-order valence-electron chi connectivity index (χ4n) is 18.4. The molecule has 19 heteroatoms. The predicted molar refractivity (Wildman–Crippen MR) is 562 cm³/mol. The highest BCUT2D eigenvalue weighted by Crippen LogP contribution is 2.24. The van der Waals surface area contributed by atoms with Crippen LogP contribution < -0.4 is 16.0 Å². The van der Waals surface area contributed by atoms with Gasteiger partial charge >= 0.3 is 29.8 Å². The normalized spacial score (nSPS) is 13.0. The molecule has 0 radical (unpaired) electrons. The van der Waals surface area contributed by atoms with E-state index in [1.54, 1.807) is 18.2 Å². The lowest BCUT2D eigenvalue weighted by molar-refractivity contribution is -0.150. The van der Waals surface area contributed by atoms with E-state index in [4.69, 9.17) is 23.7 Å². The van der Waals surface area contributed by atoms with Crippen molar-refractivity contribution < 1.29 is 62.4 Å². The Morgan fingerprint density at radius 3 is 0.642 bits per heavy atom. The van der Waals surface area contributed by atoms with E-state index in [9.17, 15) is 38.7 Å². The molecule has 0 aliphatic carbocycles. The molecule has 0 aliphatic rings. The van der Waals surface area contributed by atoms with Crippen LogP contribution >= 0.6 is 0 Å². The number of unbranched alkanes of at least 4 members (excludes halogenated alkanes) is 44. The van der Waals surface area contributed by atoms with Gasteiger partial charge < -0.3 is 54.1 Å². The number of esters is 5. The number of hydrogen-bond donors (Lipinski definition) is 4. The van der Waals surface area contributed by atoms with Crippen molar-refractivity contribution in [2.24, 2.45) is 0 Å². The van der Waals surface area contributed by atoms with Crippen molar-refractivity contribution in [3.8, 4) is 0 Å². The lowest BCUT2D eigenvalue weighted by Gasteiger charge is -2.23. The number of carbonyl (C=O) groups is 7. The largest absolute Gasteiger partial charge is 0.462 e. The first kappa shape index (κ1) is 127. The molecule has 784 valence electrons. The van der Waals surface area contributed by atoms with Gasteiger partial charge in [-0.1, -0.05) is 327 Å². The molecule has 134 heavy (non-hydrogen) atoms. The summed E-state index contributed by atoms with van der Waals surface area (Å²) in [5.74, 6) is -0.815. The molecule has 0 heterocycles. The zero-order chi connectivity index (χ0) is 97.9. The van der Waals surface area contributed by atoms with E-state index in [0.29, 0.717) is 68.4 Å². The number of ether oxygens (including phenoxy) is 5. The summed E-state index contributed by atoms with van der Waals surface area (Å²) in [5, 5.41) is 22.0.